The average Bonchev–Trinajstić information content (AvgIpc) is 2.79. The minimum Gasteiger partial charge on any atom is -0.382 e. The Balaban J connectivity index is 1.74. The van der Waals surface area contributed by atoms with Crippen LogP contribution in [0.25, 0.3) is 0 Å². The summed E-state index contributed by atoms with van der Waals surface area (Å²) >= 11 is 3.48. The van der Waals surface area contributed by atoms with Gasteiger partial charge in [-0.15, -0.1) is 0 Å². The van der Waals surface area contributed by atoms with Gasteiger partial charge in [0.1, 0.15) is 0 Å². The highest BCUT2D eigenvalue weighted by atomic mass is 79.9. The van der Waals surface area contributed by atoms with E-state index in [-0.39, 0.29) is 11.9 Å². The summed E-state index contributed by atoms with van der Waals surface area (Å²) in [5, 5.41) is 10.4. The van der Waals surface area contributed by atoms with Crippen molar-refractivity contribution in [2.75, 3.05) is 6.54 Å². The maximum absolute atomic E-state index is 12.4. The van der Waals surface area contributed by atoms with Crippen LogP contribution in [0.3, 0.4) is 0 Å². The van der Waals surface area contributed by atoms with Crippen molar-refractivity contribution < 1.29 is 4.79 Å². The SMILES string of the molecule is O=C1NCC2=C1[C@@H](c1ccc(Br)cc1)N[C@@H]1CCCC[C@H]1N2. The number of carbonyl (C=O) groups excluding carboxylic acids is 1. The summed E-state index contributed by atoms with van der Waals surface area (Å²) < 4.78 is 1.06. The van der Waals surface area contributed by atoms with Crippen LogP contribution in [0.2, 0.25) is 0 Å². The molecule has 0 radical (unpaired) electrons. The van der Waals surface area contributed by atoms with E-state index >= 15 is 0 Å². The number of halogens is 1. The molecule has 3 atom stereocenters. The summed E-state index contributed by atoms with van der Waals surface area (Å²) in [5.74, 6) is 0.0570. The molecule has 116 valence electrons. The van der Waals surface area contributed by atoms with Gasteiger partial charge in [-0.25, -0.2) is 0 Å². The highest BCUT2D eigenvalue weighted by Gasteiger charge is 2.38. The first-order valence-electron chi connectivity index (χ1n) is 8.01. The van der Waals surface area contributed by atoms with E-state index in [2.05, 4.69) is 44.0 Å². The van der Waals surface area contributed by atoms with Crippen LogP contribution in [0, 0.1) is 0 Å². The second-order valence-electron chi connectivity index (χ2n) is 6.37. The molecule has 4 rings (SSSR count). The van der Waals surface area contributed by atoms with Crippen molar-refractivity contribution in [2.45, 2.75) is 43.8 Å². The lowest BCUT2D eigenvalue weighted by Crippen LogP contribution is -2.49. The first-order valence-corrected chi connectivity index (χ1v) is 8.81. The Hall–Kier alpha value is -1.33. The number of nitrogens with one attached hydrogen (secondary N) is 3. The molecule has 1 aliphatic carbocycles. The molecule has 0 aromatic heterocycles. The smallest absolute Gasteiger partial charge is 0.251 e. The van der Waals surface area contributed by atoms with Gasteiger partial charge in [0.15, 0.2) is 0 Å². The van der Waals surface area contributed by atoms with E-state index in [4.69, 9.17) is 0 Å². The van der Waals surface area contributed by atoms with Crippen LogP contribution in [0.5, 0.6) is 0 Å². The fraction of sp³-hybridized carbons (Fsp3) is 0.471. The minimum atomic E-state index is -0.0220. The van der Waals surface area contributed by atoms with Gasteiger partial charge in [-0.3, -0.25) is 4.79 Å². The predicted molar refractivity (Wildman–Crippen MR) is 89.2 cm³/mol. The van der Waals surface area contributed by atoms with Crippen molar-refractivity contribution in [1.29, 1.82) is 0 Å². The van der Waals surface area contributed by atoms with Gasteiger partial charge in [-0.2, -0.15) is 0 Å². The Kier molecular flexibility index (Phi) is 3.70. The molecular weight excluding hydrogens is 342 g/mol. The maximum Gasteiger partial charge on any atom is 0.251 e. The molecule has 3 aliphatic rings. The van der Waals surface area contributed by atoms with Gasteiger partial charge in [0.2, 0.25) is 0 Å². The molecule has 0 spiro atoms. The van der Waals surface area contributed by atoms with Gasteiger partial charge in [-0.05, 0) is 30.5 Å². The van der Waals surface area contributed by atoms with Crippen LogP contribution in [-0.4, -0.2) is 24.5 Å². The van der Waals surface area contributed by atoms with E-state index in [1.807, 2.05) is 12.1 Å². The molecule has 1 aromatic carbocycles. The number of amides is 1. The number of fused-ring (bicyclic) bond motifs is 1. The third kappa shape index (κ3) is 2.46. The van der Waals surface area contributed by atoms with Crippen molar-refractivity contribution in [3.05, 3.63) is 45.6 Å². The van der Waals surface area contributed by atoms with Crippen molar-refractivity contribution in [1.82, 2.24) is 16.0 Å². The molecule has 0 saturated heterocycles. The van der Waals surface area contributed by atoms with E-state index in [9.17, 15) is 4.79 Å². The second kappa shape index (κ2) is 5.70. The van der Waals surface area contributed by atoms with Crippen molar-refractivity contribution in [3.8, 4) is 0 Å². The summed E-state index contributed by atoms with van der Waals surface area (Å²) in [6.07, 6.45) is 4.88. The van der Waals surface area contributed by atoms with Crippen molar-refractivity contribution in [2.24, 2.45) is 0 Å². The molecule has 3 N–H and O–H groups in total. The van der Waals surface area contributed by atoms with E-state index in [0.717, 1.165) is 21.3 Å². The topological polar surface area (TPSA) is 53.2 Å². The Bertz CT molecular complexity index is 625. The number of carbonyl (C=O) groups is 1. The summed E-state index contributed by atoms with van der Waals surface area (Å²) in [4.78, 5) is 12.4. The maximum atomic E-state index is 12.4. The first kappa shape index (κ1) is 14.3. The lowest BCUT2D eigenvalue weighted by molar-refractivity contribution is -0.117. The second-order valence-corrected chi connectivity index (χ2v) is 7.28. The van der Waals surface area contributed by atoms with Gasteiger partial charge in [0.05, 0.1) is 18.2 Å². The molecule has 0 bridgehead atoms. The Labute approximate surface area is 138 Å². The van der Waals surface area contributed by atoms with Crippen LogP contribution in [-0.2, 0) is 4.79 Å². The lowest BCUT2D eigenvalue weighted by Gasteiger charge is -2.34. The van der Waals surface area contributed by atoms with E-state index in [1.165, 1.54) is 25.7 Å². The number of hydrogen-bond donors (Lipinski definition) is 3. The first-order chi connectivity index (χ1) is 10.7. The fourth-order valence-electron chi connectivity index (χ4n) is 3.87. The third-order valence-electron chi connectivity index (χ3n) is 4.99. The largest absolute Gasteiger partial charge is 0.382 e. The molecule has 0 unspecified atom stereocenters. The number of rotatable bonds is 1. The predicted octanol–water partition coefficient (Wildman–Crippen LogP) is 2.38. The van der Waals surface area contributed by atoms with Crippen molar-refractivity contribution >= 4 is 21.8 Å². The van der Waals surface area contributed by atoms with Crippen molar-refractivity contribution in [3.63, 3.8) is 0 Å². The number of hydrogen-bond acceptors (Lipinski definition) is 3. The molecule has 1 aromatic rings. The van der Waals surface area contributed by atoms with Crippen LogP contribution in [0.1, 0.15) is 37.3 Å². The van der Waals surface area contributed by atoms with Crippen LogP contribution in [0.15, 0.2) is 40.0 Å². The Morgan fingerprint density at radius 2 is 1.77 bits per heavy atom. The zero-order valence-electron chi connectivity index (χ0n) is 12.4. The van der Waals surface area contributed by atoms with E-state index in [0.29, 0.717) is 18.6 Å². The summed E-state index contributed by atoms with van der Waals surface area (Å²) in [6, 6.07) is 9.13. The molecule has 2 heterocycles. The summed E-state index contributed by atoms with van der Waals surface area (Å²) in [7, 11) is 0. The zero-order chi connectivity index (χ0) is 15.1. The average molecular weight is 362 g/mol. The molecule has 5 heteroatoms. The molecule has 1 amide bonds. The van der Waals surface area contributed by atoms with Gasteiger partial charge >= 0.3 is 0 Å². The minimum absolute atomic E-state index is 0.0220. The van der Waals surface area contributed by atoms with E-state index < -0.39 is 0 Å². The van der Waals surface area contributed by atoms with Crippen LogP contribution in [0.4, 0.5) is 0 Å². The molecule has 1 saturated carbocycles. The summed E-state index contributed by atoms with van der Waals surface area (Å²) in [6.45, 7) is 0.631. The standard InChI is InChI=1S/C17H20BrN3O/c18-11-7-5-10(6-8-11)16-15-14(9-19-17(15)22)20-12-3-1-2-4-13(12)21-16/h5-8,12-13,16,20-21H,1-4,9H2,(H,19,22)/t12-,13-,16-/m1/s1. The van der Waals surface area contributed by atoms with Gasteiger partial charge in [-0.1, -0.05) is 40.9 Å². The Morgan fingerprint density at radius 3 is 2.55 bits per heavy atom. The highest BCUT2D eigenvalue weighted by molar-refractivity contribution is 9.10. The quantitative estimate of drug-likeness (QED) is 0.719. The van der Waals surface area contributed by atoms with Gasteiger partial charge in [0.25, 0.3) is 5.91 Å². The Morgan fingerprint density at radius 1 is 1.05 bits per heavy atom. The lowest BCUT2D eigenvalue weighted by atomic mass is 9.89. The van der Waals surface area contributed by atoms with Gasteiger partial charge < -0.3 is 16.0 Å². The highest BCUT2D eigenvalue weighted by Crippen LogP contribution is 2.33. The molecule has 22 heavy (non-hydrogen) atoms. The zero-order valence-corrected chi connectivity index (χ0v) is 13.9. The molecular formula is C17H20BrN3O. The summed E-state index contributed by atoms with van der Waals surface area (Å²) in [5.41, 5.74) is 3.11. The molecule has 2 aliphatic heterocycles. The molecule has 4 nitrogen and oxygen atoms in total. The van der Waals surface area contributed by atoms with Crippen LogP contribution < -0.4 is 16.0 Å². The van der Waals surface area contributed by atoms with Gasteiger partial charge in [0, 0.05) is 22.3 Å². The molecule has 1 fully saturated rings. The fourth-order valence-corrected chi connectivity index (χ4v) is 4.14. The van der Waals surface area contributed by atoms with E-state index in [1.54, 1.807) is 0 Å². The normalized spacial score (nSPS) is 31.0. The third-order valence-corrected chi connectivity index (χ3v) is 5.52. The number of benzene rings is 1. The van der Waals surface area contributed by atoms with Crippen LogP contribution >= 0.6 is 15.9 Å². The monoisotopic (exact) mass is 361 g/mol.